The molecule has 0 radical (unpaired) electrons. The predicted molar refractivity (Wildman–Crippen MR) is 122 cm³/mol. The van der Waals surface area contributed by atoms with Crippen molar-refractivity contribution in [2.24, 2.45) is 0 Å². The van der Waals surface area contributed by atoms with Gasteiger partial charge in [0.25, 0.3) is 0 Å². The van der Waals surface area contributed by atoms with Crippen molar-refractivity contribution in [1.29, 1.82) is 0 Å². The number of nitrogens with one attached hydrogen (secondary N) is 1. The Hall–Kier alpha value is -3.05. The average Bonchev–Trinajstić information content (AvgIpc) is 3.41. The Balaban J connectivity index is 1.43. The van der Waals surface area contributed by atoms with Gasteiger partial charge in [-0.15, -0.1) is 23.1 Å². The molecule has 1 amide bonds. The first-order valence-corrected chi connectivity index (χ1v) is 11.7. The molecule has 32 heavy (non-hydrogen) atoms. The molecule has 3 aromatic rings. The van der Waals surface area contributed by atoms with Crippen molar-refractivity contribution in [3.05, 3.63) is 41.1 Å². The Kier molecular flexibility index (Phi) is 8.51. The van der Waals surface area contributed by atoms with E-state index in [1.54, 1.807) is 20.1 Å². The molecule has 0 fully saturated rings. The third-order valence-corrected chi connectivity index (χ3v) is 5.84. The van der Waals surface area contributed by atoms with Crippen LogP contribution in [0, 0.1) is 6.92 Å². The summed E-state index contributed by atoms with van der Waals surface area (Å²) in [6.07, 6.45) is 0. The molecule has 170 valence electrons. The van der Waals surface area contributed by atoms with Crippen LogP contribution in [0.5, 0.6) is 11.5 Å². The monoisotopic (exact) mass is 477 g/mol. The number of hydrogen-bond donors (Lipinski definition) is 1. The van der Waals surface area contributed by atoms with E-state index in [2.05, 4.69) is 15.5 Å². The molecule has 0 saturated heterocycles. The largest absolute Gasteiger partial charge is 0.493 e. The second-order valence-electron chi connectivity index (χ2n) is 6.47. The third-order valence-electron chi connectivity index (χ3n) is 3.99. The third kappa shape index (κ3) is 6.72. The molecule has 0 aliphatic rings. The van der Waals surface area contributed by atoms with Crippen LogP contribution in [0.1, 0.15) is 18.4 Å². The van der Waals surface area contributed by atoms with Gasteiger partial charge in [0.15, 0.2) is 17.3 Å². The van der Waals surface area contributed by atoms with E-state index >= 15 is 0 Å². The highest BCUT2D eigenvalue weighted by Gasteiger charge is 2.12. The Labute approximate surface area is 193 Å². The molecule has 2 aromatic heterocycles. The molecule has 1 N–H and O–H groups in total. The van der Waals surface area contributed by atoms with Crippen LogP contribution < -0.4 is 14.8 Å². The first-order valence-electron chi connectivity index (χ1n) is 9.70. The van der Waals surface area contributed by atoms with Crippen LogP contribution in [0.3, 0.4) is 0 Å². The maximum absolute atomic E-state index is 12.0. The van der Waals surface area contributed by atoms with Crippen LogP contribution in [0.25, 0.3) is 10.6 Å². The maximum Gasteiger partial charge on any atom is 0.316 e. The van der Waals surface area contributed by atoms with E-state index in [-0.39, 0.29) is 24.0 Å². The number of carbonyl (C=O) groups excluding carboxylic acids is 2. The van der Waals surface area contributed by atoms with Crippen molar-refractivity contribution in [3.63, 3.8) is 0 Å². The summed E-state index contributed by atoms with van der Waals surface area (Å²) < 4.78 is 21.0. The Morgan fingerprint density at radius 1 is 1.22 bits per heavy atom. The molecule has 2 heterocycles. The van der Waals surface area contributed by atoms with Crippen molar-refractivity contribution in [3.8, 4) is 22.1 Å². The summed E-state index contributed by atoms with van der Waals surface area (Å²) in [4.78, 5) is 28.3. The molecule has 0 aliphatic heterocycles. The molecule has 0 atom stereocenters. The fourth-order valence-electron chi connectivity index (χ4n) is 2.61. The van der Waals surface area contributed by atoms with Gasteiger partial charge in [-0.05, 0) is 32.0 Å². The Morgan fingerprint density at radius 3 is 2.78 bits per heavy atom. The fraction of sp³-hybridized carbons (Fsp3) is 0.333. The number of rotatable bonds is 11. The lowest BCUT2D eigenvalue weighted by molar-refractivity contribution is -0.141. The van der Waals surface area contributed by atoms with Crippen LogP contribution in [0.2, 0.25) is 0 Å². The van der Waals surface area contributed by atoms with Gasteiger partial charge in [0, 0.05) is 17.0 Å². The summed E-state index contributed by atoms with van der Waals surface area (Å²) in [5.41, 5.74) is 1.53. The van der Waals surface area contributed by atoms with Gasteiger partial charge in [-0.1, -0.05) is 5.16 Å². The van der Waals surface area contributed by atoms with Gasteiger partial charge in [-0.3, -0.25) is 9.59 Å². The number of aryl methyl sites for hydroxylation is 1. The number of thioether (sulfide) groups is 1. The minimum absolute atomic E-state index is 0.0539. The standard InChI is InChI=1S/C21H23N3O6S2/c1-4-28-16-6-5-14(8-17(16)27-3)21-22-15(10-32-21)9-29-20(26)12-31-11-19(25)23-18-7-13(2)30-24-18/h5-8,10H,4,9,11-12H2,1-3H3,(H,23,24,25). The summed E-state index contributed by atoms with van der Waals surface area (Å²) in [6, 6.07) is 7.23. The van der Waals surface area contributed by atoms with Crippen LogP contribution in [-0.2, 0) is 20.9 Å². The molecule has 0 saturated carbocycles. The lowest BCUT2D eigenvalue weighted by Crippen LogP contribution is -2.16. The highest BCUT2D eigenvalue weighted by Crippen LogP contribution is 2.33. The van der Waals surface area contributed by atoms with Gasteiger partial charge in [-0.25, -0.2) is 4.98 Å². The zero-order chi connectivity index (χ0) is 22.9. The number of thiazole rings is 1. The van der Waals surface area contributed by atoms with Crippen molar-refractivity contribution in [2.45, 2.75) is 20.5 Å². The number of anilines is 1. The fourth-order valence-corrected chi connectivity index (χ4v) is 4.02. The van der Waals surface area contributed by atoms with Crippen LogP contribution in [0.15, 0.2) is 34.2 Å². The van der Waals surface area contributed by atoms with Gasteiger partial charge in [0.05, 0.1) is 30.9 Å². The summed E-state index contributed by atoms with van der Waals surface area (Å²) in [7, 11) is 1.59. The molecule has 0 aliphatic carbocycles. The molecule has 0 bridgehead atoms. The number of amides is 1. The van der Waals surface area contributed by atoms with Crippen molar-refractivity contribution >= 4 is 40.8 Å². The molecule has 9 nitrogen and oxygen atoms in total. The molecular weight excluding hydrogens is 454 g/mol. The number of esters is 1. The van der Waals surface area contributed by atoms with Crippen molar-refractivity contribution in [2.75, 3.05) is 30.5 Å². The zero-order valence-corrected chi connectivity index (χ0v) is 19.5. The quantitative estimate of drug-likeness (QED) is 0.410. The van der Waals surface area contributed by atoms with Gasteiger partial charge in [0.2, 0.25) is 5.91 Å². The average molecular weight is 478 g/mol. The number of methoxy groups -OCH3 is 1. The number of aromatic nitrogens is 2. The minimum Gasteiger partial charge on any atom is -0.493 e. The van der Waals surface area contributed by atoms with E-state index in [4.69, 9.17) is 18.7 Å². The Morgan fingerprint density at radius 2 is 2.06 bits per heavy atom. The molecule has 0 spiro atoms. The molecular formula is C21H23N3O6S2. The molecule has 3 rings (SSSR count). The highest BCUT2D eigenvalue weighted by molar-refractivity contribution is 8.00. The van der Waals surface area contributed by atoms with E-state index < -0.39 is 5.97 Å². The van der Waals surface area contributed by atoms with Gasteiger partial charge >= 0.3 is 5.97 Å². The lowest BCUT2D eigenvalue weighted by Gasteiger charge is -2.09. The number of ether oxygens (including phenoxy) is 3. The van der Waals surface area contributed by atoms with Crippen LogP contribution >= 0.6 is 23.1 Å². The first-order chi connectivity index (χ1) is 15.5. The topological polar surface area (TPSA) is 113 Å². The van der Waals surface area contributed by atoms with Crippen LogP contribution in [-0.4, -0.2) is 47.2 Å². The van der Waals surface area contributed by atoms with E-state index in [0.717, 1.165) is 22.3 Å². The number of benzene rings is 1. The second-order valence-corrected chi connectivity index (χ2v) is 8.31. The molecule has 0 unspecified atom stereocenters. The van der Waals surface area contributed by atoms with E-state index in [9.17, 15) is 9.59 Å². The number of hydrogen-bond acceptors (Lipinski definition) is 10. The van der Waals surface area contributed by atoms with E-state index in [1.165, 1.54) is 11.3 Å². The molecule has 1 aromatic carbocycles. The SMILES string of the molecule is CCOc1ccc(-c2nc(COC(=O)CSCC(=O)Nc3cc(C)on3)cs2)cc1OC. The second kappa shape index (κ2) is 11.5. The number of carbonyl (C=O) groups is 2. The number of nitrogens with zero attached hydrogens (tertiary/aromatic N) is 2. The Bertz CT molecular complexity index is 1070. The van der Waals surface area contributed by atoms with Gasteiger partial charge < -0.3 is 24.1 Å². The summed E-state index contributed by atoms with van der Waals surface area (Å²) in [5, 5.41) is 8.89. The summed E-state index contributed by atoms with van der Waals surface area (Å²) in [6.45, 7) is 4.25. The van der Waals surface area contributed by atoms with Crippen LogP contribution in [0.4, 0.5) is 5.82 Å². The first kappa shape index (κ1) is 23.6. The summed E-state index contributed by atoms with van der Waals surface area (Å²) in [5.74, 6) is 1.71. The summed E-state index contributed by atoms with van der Waals surface area (Å²) >= 11 is 2.60. The maximum atomic E-state index is 12.0. The van der Waals surface area contributed by atoms with Crippen molar-refractivity contribution in [1.82, 2.24) is 10.1 Å². The minimum atomic E-state index is -0.419. The van der Waals surface area contributed by atoms with E-state index in [0.29, 0.717) is 35.4 Å². The molecule has 11 heteroatoms. The smallest absolute Gasteiger partial charge is 0.316 e. The lowest BCUT2D eigenvalue weighted by atomic mass is 10.2. The predicted octanol–water partition coefficient (Wildman–Crippen LogP) is 3.93. The van der Waals surface area contributed by atoms with Crippen molar-refractivity contribution < 1.29 is 28.3 Å². The highest BCUT2D eigenvalue weighted by atomic mass is 32.2. The van der Waals surface area contributed by atoms with Gasteiger partial charge in [-0.2, -0.15) is 0 Å². The zero-order valence-electron chi connectivity index (χ0n) is 17.9. The van der Waals surface area contributed by atoms with Gasteiger partial charge in [0.1, 0.15) is 17.4 Å². The van der Waals surface area contributed by atoms with E-state index in [1.807, 2.05) is 30.5 Å². The normalized spacial score (nSPS) is 10.6.